The summed E-state index contributed by atoms with van der Waals surface area (Å²) < 4.78 is 17.6. The summed E-state index contributed by atoms with van der Waals surface area (Å²) in [5.41, 5.74) is 7.24. The largest absolute Gasteiger partial charge is 0.392 e. The number of fused-ring (bicyclic) bond motifs is 1. The van der Waals surface area contributed by atoms with Gasteiger partial charge in [-0.2, -0.15) is 5.10 Å². The van der Waals surface area contributed by atoms with Crippen molar-refractivity contribution in [2.24, 2.45) is 12.0 Å². The van der Waals surface area contributed by atoms with Gasteiger partial charge in [-0.3, -0.25) is 30.0 Å². The van der Waals surface area contributed by atoms with Gasteiger partial charge in [-0.15, -0.1) is 17.9 Å². The zero-order valence-electron chi connectivity index (χ0n) is 25.7. The number of carbonyl (C=O) groups excluding carboxylic acids is 2. The van der Waals surface area contributed by atoms with Gasteiger partial charge in [-0.05, 0) is 62.6 Å². The molecule has 2 aromatic heterocycles. The summed E-state index contributed by atoms with van der Waals surface area (Å²) in [6.07, 6.45) is 6.59. The summed E-state index contributed by atoms with van der Waals surface area (Å²) in [4.78, 5) is 31.7. The second-order valence-electron chi connectivity index (χ2n) is 10.3. The van der Waals surface area contributed by atoms with Crippen LogP contribution in [0.25, 0.3) is 10.1 Å². The number of hydrogen-bond acceptors (Lipinski definition) is 8. The number of halogens is 1. The molecule has 3 rings (SSSR count). The van der Waals surface area contributed by atoms with E-state index in [-0.39, 0.29) is 11.6 Å². The SMILES string of the molecule is C=CC/C=C(\C=C(\NC(=O)c1cc2ccccc2s1)C(C)F)C(=CC=Nc1cc(CN(C)CC(C)O)n(C)n1)NNC(C)=O. The van der Waals surface area contributed by atoms with Gasteiger partial charge in [0.1, 0.15) is 6.17 Å². The molecule has 2 atom stereocenters. The quantitative estimate of drug-likeness (QED) is 0.0833. The first-order valence-corrected chi connectivity index (χ1v) is 14.9. The third-order valence-corrected chi connectivity index (χ3v) is 7.37. The van der Waals surface area contributed by atoms with Gasteiger partial charge < -0.3 is 10.4 Å². The minimum atomic E-state index is -1.50. The topological polar surface area (TPSA) is 124 Å². The first kappa shape index (κ1) is 34.1. The molecule has 2 heterocycles. The number of aromatic nitrogens is 2. The molecule has 0 saturated carbocycles. The number of carbonyl (C=O) groups is 2. The Morgan fingerprint density at radius 2 is 2.00 bits per heavy atom. The molecule has 3 aromatic rings. The Labute approximate surface area is 261 Å². The van der Waals surface area contributed by atoms with E-state index in [0.29, 0.717) is 41.5 Å². The summed E-state index contributed by atoms with van der Waals surface area (Å²) in [6.45, 7) is 9.28. The van der Waals surface area contributed by atoms with E-state index in [1.54, 1.807) is 35.9 Å². The van der Waals surface area contributed by atoms with Crippen molar-refractivity contribution in [1.29, 1.82) is 0 Å². The molecule has 2 unspecified atom stereocenters. The minimum Gasteiger partial charge on any atom is -0.392 e. The first-order valence-electron chi connectivity index (χ1n) is 14.1. The normalized spacial score (nSPS) is 14.2. The number of alkyl halides is 1. The van der Waals surface area contributed by atoms with Crippen molar-refractivity contribution < 1.29 is 19.1 Å². The van der Waals surface area contributed by atoms with Gasteiger partial charge in [-0.25, -0.2) is 9.38 Å². The zero-order chi connectivity index (χ0) is 32.2. The highest BCUT2D eigenvalue weighted by Gasteiger charge is 2.17. The van der Waals surface area contributed by atoms with Crippen molar-refractivity contribution >= 4 is 45.3 Å². The zero-order valence-corrected chi connectivity index (χ0v) is 26.5. The predicted octanol–water partition coefficient (Wildman–Crippen LogP) is 4.85. The molecular formula is C32H40FN7O3S. The molecule has 0 aliphatic rings. The van der Waals surface area contributed by atoms with Crippen LogP contribution in [0.1, 0.15) is 42.6 Å². The molecule has 44 heavy (non-hydrogen) atoms. The number of likely N-dealkylation sites (N-methyl/N-ethyl adjacent to an activating group) is 1. The number of nitrogens with one attached hydrogen (secondary N) is 3. The maximum absolute atomic E-state index is 14.9. The van der Waals surface area contributed by atoms with Crippen LogP contribution in [0.4, 0.5) is 10.2 Å². The lowest BCUT2D eigenvalue weighted by Gasteiger charge is -2.17. The monoisotopic (exact) mass is 621 g/mol. The fourth-order valence-corrected chi connectivity index (χ4v) is 5.17. The molecule has 0 aliphatic heterocycles. The van der Waals surface area contributed by atoms with Gasteiger partial charge >= 0.3 is 0 Å². The Balaban J connectivity index is 1.91. The Bertz CT molecular complexity index is 1550. The molecule has 234 valence electrons. The molecule has 0 fully saturated rings. The standard InChI is InChI=1S/C32H40FN7O3S/c1-7-8-11-24(16-28(22(3)33)35-32(43)30-17-25-12-9-10-13-29(25)44-30)27(37-36-23(4)42)14-15-34-31-18-26(40(6)38-31)20-39(5)19-21(2)41/h7,9-18,21-22,37,41H,1,8,19-20H2,2-6H3,(H,35,43)(H,36,42)/b24-11+,27-14?,28-16+,34-15?. The van der Waals surface area contributed by atoms with Crippen molar-refractivity contribution in [2.75, 3.05) is 13.6 Å². The van der Waals surface area contributed by atoms with E-state index in [9.17, 15) is 19.1 Å². The van der Waals surface area contributed by atoms with E-state index in [4.69, 9.17) is 0 Å². The number of amides is 2. The summed E-state index contributed by atoms with van der Waals surface area (Å²) in [5, 5.41) is 17.7. The number of allylic oxidation sites excluding steroid dienone is 5. The van der Waals surface area contributed by atoms with Gasteiger partial charge in [-0.1, -0.05) is 30.4 Å². The van der Waals surface area contributed by atoms with Crippen LogP contribution in [0.3, 0.4) is 0 Å². The number of aryl methyl sites for hydroxylation is 1. The van der Waals surface area contributed by atoms with E-state index in [1.165, 1.54) is 37.5 Å². The fourth-order valence-electron chi connectivity index (χ4n) is 4.21. The molecule has 1 aromatic carbocycles. The number of aliphatic imine (C=N–C) groups is 1. The Kier molecular flexibility index (Phi) is 12.8. The van der Waals surface area contributed by atoms with Crippen LogP contribution < -0.4 is 16.2 Å². The number of thiophene rings is 1. The molecule has 2 amide bonds. The van der Waals surface area contributed by atoms with Gasteiger partial charge in [0.25, 0.3) is 5.91 Å². The number of benzene rings is 1. The van der Waals surface area contributed by atoms with Crippen molar-refractivity contribution in [3.8, 4) is 0 Å². The highest BCUT2D eigenvalue weighted by molar-refractivity contribution is 7.20. The van der Waals surface area contributed by atoms with E-state index < -0.39 is 18.2 Å². The van der Waals surface area contributed by atoms with Gasteiger partial charge in [0.05, 0.1) is 28.1 Å². The molecule has 0 spiro atoms. The van der Waals surface area contributed by atoms with Crippen LogP contribution in [-0.4, -0.2) is 63.7 Å². The number of hydrogen-bond donors (Lipinski definition) is 4. The lowest BCUT2D eigenvalue weighted by molar-refractivity contribution is -0.119. The lowest BCUT2D eigenvalue weighted by Crippen LogP contribution is -2.35. The Morgan fingerprint density at radius 1 is 1.25 bits per heavy atom. The number of hydrazine groups is 1. The Hall–Kier alpha value is -4.39. The summed E-state index contributed by atoms with van der Waals surface area (Å²) in [7, 11) is 3.73. The number of aliphatic hydroxyl groups is 1. The lowest BCUT2D eigenvalue weighted by atomic mass is 10.1. The number of nitrogens with zero attached hydrogens (tertiary/aromatic N) is 4. The van der Waals surface area contributed by atoms with Crippen LogP contribution in [0.15, 0.2) is 89.2 Å². The van der Waals surface area contributed by atoms with Crippen molar-refractivity contribution in [2.45, 2.75) is 46.0 Å². The maximum Gasteiger partial charge on any atom is 0.265 e. The van der Waals surface area contributed by atoms with Crippen LogP contribution in [0.5, 0.6) is 0 Å². The summed E-state index contributed by atoms with van der Waals surface area (Å²) in [6, 6.07) is 11.3. The average Bonchev–Trinajstić information content (AvgIpc) is 3.54. The number of aliphatic hydroxyl groups excluding tert-OH is 1. The second kappa shape index (κ2) is 16.5. The van der Waals surface area contributed by atoms with E-state index >= 15 is 0 Å². The van der Waals surface area contributed by atoms with Crippen LogP contribution in [-0.2, 0) is 18.4 Å². The molecule has 0 saturated heterocycles. The summed E-state index contributed by atoms with van der Waals surface area (Å²) in [5.74, 6) is -0.298. The molecule has 12 heteroatoms. The van der Waals surface area contributed by atoms with Gasteiger partial charge in [0.15, 0.2) is 5.82 Å². The van der Waals surface area contributed by atoms with E-state index in [0.717, 1.165) is 15.8 Å². The predicted molar refractivity (Wildman–Crippen MR) is 175 cm³/mol. The number of rotatable bonds is 15. The van der Waals surface area contributed by atoms with Gasteiger partial charge in [0.2, 0.25) is 5.91 Å². The van der Waals surface area contributed by atoms with E-state index in [1.807, 2.05) is 49.3 Å². The molecule has 0 aliphatic carbocycles. The highest BCUT2D eigenvalue weighted by Crippen LogP contribution is 2.26. The van der Waals surface area contributed by atoms with Crippen LogP contribution >= 0.6 is 11.3 Å². The maximum atomic E-state index is 14.9. The second-order valence-corrected chi connectivity index (χ2v) is 11.4. The molecule has 4 N–H and O–H groups in total. The molecule has 0 radical (unpaired) electrons. The third kappa shape index (κ3) is 10.4. The fraction of sp³-hybridized carbons (Fsp3) is 0.312. The minimum absolute atomic E-state index is 0.0471. The first-order chi connectivity index (χ1) is 21.0. The summed E-state index contributed by atoms with van der Waals surface area (Å²) >= 11 is 1.33. The van der Waals surface area contributed by atoms with Crippen LogP contribution in [0.2, 0.25) is 0 Å². The molecule has 10 nitrogen and oxygen atoms in total. The molecular weight excluding hydrogens is 581 g/mol. The Morgan fingerprint density at radius 3 is 2.66 bits per heavy atom. The third-order valence-electron chi connectivity index (χ3n) is 6.26. The average molecular weight is 622 g/mol. The van der Waals surface area contributed by atoms with Crippen molar-refractivity contribution in [1.82, 2.24) is 30.8 Å². The highest BCUT2D eigenvalue weighted by atomic mass is 32.1. The van der Waals surface area contributed by atoms with Crippen LogP contribution in [0, 0.1) is 0 Å². The van der Waals surface area contributed by atoms with E-state index in [2.05, 4.69) is 32.8 Å². The molecule has 0 bridgehead atoms. The van der Waals surface area contributed by atoms with Crippen molar-refractivity contribution in [3.63, 3.8) is 0 Å². The van der Waals surface area contributed by atoms with Gasteiger partial charge in [0, 0.05) is 44.0 Å². The van der Waals surface area contributed by atoms with Crippen molar-refractivity contribution in [3.05, 3.63) is 94.8 Å². The smallest absolute Gasteiger partial charge is 0.265 e.